The van der Waals surface area contributed by atoms with Gasteiger partial charge in [-0.25, -0.2) is 0 Å². The van der Waals surface area contributed by atoms with E-state index in [2.05, 4.69) is 33.6 Å². The number of hydrogen-bond acceptors (Lipinski definition) is 1. The molecule has 0 N–H and O–H groups in total. The molecule has 0 heterocycles. The van der Waals surface area contributed by atoms with Gasteiger partial charge in [0.1, 0.15) is 0 Å². The van der Waals surface area contributed by atoms with Crippen LogP contribution in [0.1, 0.15) is 33.6 Å². The third-order valence-corrected chi connectivity index (χ3v) is 2.09. The van der Waals surface area contributed by atoms with Gasteiger partial charge in [0.05, 0.1) is 0 Å². The summed E-state index contributed by atoms with van der Waals surface area (Å²) in [5, 5.41) is 0. The first-order chi connectivity index (χ1) is 5.52. The molecule has 0 unspecified atom stereocenters. The van der Waals surface area contributed by atoms with Crippen molar-refractivity contribution >= 4 is 8.46 Å². The van der Waals surface area contributed by atoms with Crippen LogP contribution in [-0.4, -0.2) is 6.66 Å². The monoisotopic (exact) mass is 364 g/mol. The second-order valence-corrected chi connectivity index (χ2v) is 4.35. The quantitative estimate of drug-likeness (QED) is 0.473. The van der Waals surface area contributed by atoms with Crippen LogP contribution in [0.25, 0.3) is 0 Å². The van der Waals surface area contributed by atoms with Gasteiger partial charge in [-0.05, 0) is 0 Å². The fourth-order valence-corrected chi connectivity index (χ4v) is 1.19. The summed E-state index contributed by atoms with van der Waals surface area (Å²) in [7, 11) is 0.167. The van der Waals surface area contributed by atoms with Crippen LogP contribution in [-0.2, 0) is 70.0 Å². The van der Waals surface area contributed by atoms with Crippen molar-refractivity contribution in [3.05, 3.63) is 12.8 Å². The van der Waals surface area contributed by atoms with Crippen LogP contribution >= 0.6 is 8.46 Å². The van der Waals surface area contributed by atoms with Crippen molar-refractivity contribution in [2.24, 2.45) is 11.3 Å². The van der Waals surface area contributed by atoms with Crippen molar-refractivity contribution in [3.63, 3.8) is 0 Å². The van der Waals surface area contributed by atoms with Crippen LogP contribution in [0.5, 0.6) is 0 Å². The van der Waals surface area contributed by atoms with Crippen molar-refractivity contribution in [1.29, 1.82) is 0 Å². The van der Waals surface area contributed by atoms with Crippen LogP contribution in [0.3, 0.4) is 0 Å². The third kappa shape index (κ3) is 12.4. The van der Waals surface area contributed by atoms with E-state index in [1.54, 1.807) is 6.66 Å². The molecule has 0 aliphatic heterocycles. The zero-order chi connectivity index (χ0) is 9.61. The molecule has 0 aromatic heterocycles. The maximum Gasteiger partial charge on any atom is 0.151 e. The number of rotatable bonds is 0. The molecule has 0 aromatic rings. The van der Waals surface area contributed by atoms with Gasteiger partial charge < -0.3 is 12.8 Å². The summed E-state index contributed by atoms with van der Waals surface area (Å²) < 4.78 is 8.90. The van der Waals surface area contributed by atoms with Crippen molar-refractivity contribution in [2.75, 3.05) is 6.66 Å². The van der Waals surface area contributed by atoms with Gasteiger partial charge in [0, 0.05) is 72.1 Å². The van der Waals surface area contributed by atoms with Crippen LogP contribution in [0.15, 0.2) is 0 Å². The molecule has 4 heteroatoms. The minimum absolute atomic E-state index is 0. The largest absolute Gasteiger partial charge is 0.352 e. The second kappa shape index (κ2) is 11.8. The Hall–Kier alpha value is 2.31. The van der Waals surface area contributed by atoms with E-state index in [4.69, 9.17) is 4.57 Å². The Kier molecular flexibility index (Phi) is 18.2. The van der Waals surface area contributed by atoms with E-state index in [1.165, 1.54) is 12.8 Å². The predicted molar refractivity (Wildman–Crippen MR) is 54.3 cm³/mol. The molecular formula is C10H19OPY2-2. The van der Waals surface area contributed by atoms with E-state index in [-0.39, 0.29) is 73.9 Å². The summed E-state index contributed by atoms with van der Waals surface area (Å²) in [4.78, 5) is 0. The summed E-state index contributed by atoms with van der Waals surface area (Å²) in [5.74, 6) is 0.887. The molecule has 1 fully saturated rings. The van der Waals surface area contributed by atoms with Crippen molar-refractivity contribution in [2.45, 2.75) is 33.6 Å². The van der Waals surface area contributed by atoms with Crippen LogP contribution < -0.4 is 0 Å². The Bertz CT molecular complexity index is 130. The first-order valence-corrected chi connectivity index (χ1v) is 5.68. The maximum absolute atomic E-state index is 8.90. The average Bonchev–Trinajstić information content (AvgIpc) is 1.98. The Labute approximate surface area is 141 Å². The SMILES string of the molecule is CC1C[CH-]C(C)(C)[CH-]C1.CP=O.[Y].[Y]. The Balaban J connectivity index is -0.000000218. The molecule has 1 aliphatic rings. The number of hydrogen-bond donors (Lipinski definition) is 0. The molecular weight excluding hydrogens is 345 g/mol. The molecule has 1 rings (SSSR count). The third-order valence-electron chi connectivity index (χ3n) is 2.09. The topological polar surface area (TPSA) is 17.1 Å². The molecule has 0 spiro atoms. The Morgan fingerprint density at radius 2 is 1.50 bits per heavy atom. The Morgan fingerprint density at radius 1 is 1.21 bits per heavy atom. The first kappa shape index (κ1) is 21.6. The summed E-state index contributed by atoms with van der Waals surface area (Å²) in [6.45, 7) is 8.40. The van der Waals surface area contributed by atoms with E-state index in [0.717, 1.165) is 5.92 Å². The van der Waals surface area contributed by atoms with Crippen molar-refractivity contribution in [1.82, 2.24) is 0 Å². The maximum atomic E-state index is 8.90. The molecule has 0 bridgehead atoms. The average molecular weight is 364 g/mol. The van der Waals surface area contributed by atoms with Crippen molar-refractivity contribution in [3.8, 4) is 0 Å². The summed E-state index contributed by atoms with van der Waals surface area (Å²) in [5.41, 5.74) is 0.409. The molecule has 2 radical (unpaired) electrons. The van der Waals surface area contributed by atoms with Gasteiger partial charge in [-0.1, -0.05) is 12.8 Å². The molecule has 78 valence electrons. The first-order valence-electron chi connectivity index (χ1n) is 4.42. The minimum atomic E-state index is 0. The zero-order valence-corrected chi connectivity index (χ0v) is 16.2. The molecule has 0 saturated heterocycles. The molecule has 1 saturated carbocycles. The van der Waals surface area contributed by atoms with Gasteiger partial charge in [-0.2, -0.15) is 12.8 Å². The molecule has 0 atom stereocenters. The van der Waals surface area contributed by atoms with E-state index >= 15 is 0 Å². The summed E-state index contributed by atoms with van der Waals surface area (Å²) in [6, 6.07) is 0. The fraction of sp³-hybridized carbons (Fsp3) is 0.800. The van der Waals surface area contributed by atoms with Gasteiger partial charge in [0.25, 0.3) is 0 Å². The smallest absolute Gasteiger partial charge is 0.151 e. The Morgan fingerprint density at radius 3 is 1.71 bits per heavy atom. The molecule has 0 aromatic carbocycles. The zero-order valence-electron chi connectivity index (χ0n) is 9.66. The van der Waals surface area contributed by atoms with Gasteiger partial charge in [-0.15, -0.1) is 13.8 Å². The van der Waals surface area contributed by atoms with Gasteiger partial charge in [-0.3, -0.25) is 9.98 Å². The minimum Gasteiger partial charge on any atom is -0.352 e. The predicted octanol–water partition coefficient (Wildman–Crippen LogP) is 3.75. The standard InChI is InChI=1S/C9H16.CH3OP.2Y/c1-8-4-6-9(2,3)7-5-8;1-3-2;;/h6-8H,4-5H2,1-3H3;1H3;;/q-2;;;. The van der Waals surface area contributed by atoms with E-state index in [0.29, 0.717) is 5.41 Å². The molecule has 1 aliphatic carbocycles. The second-order valence-electron chi connectivity index (χ2n) is 3.99. The summed E-state index contributed by atoms with van der Waals surface area (Å²) in [6.07, 6.45) is 7.43. The van der Waals surface area contributed by atoms with Crippen LogP contribution in [0, 0.1) is 24.2 Å². The summed E-state index contributed by atoms with van der Waals surface area (Å²) >= 11 is 0. The van der Waals surface area contributed by atoms with Crippen LogP contribution in [0.2, 0.25) is 0 Å². The molecule has 1 nitrogen and oxygen atoms in total. The van der Waals surface area contributed by atoms with E-state index in [9.17, 15) is 0 Å². The molecule has 14 heavy (non-hydrogen) atoms. The van der Waals surface area contributed by atoms with E-state index < -0.39 is 0 Å². The van der Waals surface area contributed by atoms with Crippen molar-refractivity contribution < 1.29 is 70.0 Å². The molecule has 0 amide bonds. The normalized spacial score (nSPS) is 19.7. The van der Waals surface area contributed by atoms with Gasteiger partial charge >= 0.3 is 0 Å². The van der Waals surface area contributed by atoms with E-state index in [1.807, 2.05) is 0 Å². The van der Waals surface area contributed by atoms with Gasteiger partial charge in [0.2, 0.25) is 0 Å². The van der Waals surface area contributed by atoms with Crippen LogP contribution in [0.4, 0.5) is 0 Å². The fourth-order valence-electron chi connectivity index (χ4n) is 1.19. The van der Waals surface area contributed by atoms with Gasteiger partial charge in [0.15, 0.2) is 8.46 Å².